The van der Waals surface area contributed by atoms with E-state index >= 15 is 0 Å². The van der Waals surface area contributed by atoms with Gasteiger partial charge in [-0.1, -0.05) is 18.2 Å². The third kappa shape index (κ3) is 3.63. The highest BCUT2D eigenvalue weighted by Crippen LogP contribution is 2.29. The van der Waals surface area contributed by atoms with Crippen LogP contribution in [0.5, 0.6) is 0 Å². The van der Waals surface area contributed by atoms with Gasteiger partial charge in [0.25, 0.3) is 11.5 Å². The number of hydrogen-bond donors (Lipinski definition) is 1. The van der Waals surface area contributed by atoms with E-state index in [1.165, 1.54) is 10.9 Å². The summed E-state index contributed by atoms with van der Waals surface area (Å²) in [7, 11) is 1.71. The maximum absolute atomic E-state index is 12.7. The fourth-order valence-electron chi connectivity index (χ4n) is 3.12. The highest BCUT2D eigenvalue weighted by Gasteiger charge is 2.13. The molecule has 3 aromatic heterocycles. The average molecular weight is 410 g/mol. The first kappa shape index (κ1) is 18.6. The van der Waals surface area contributed by atoms with Crippen LogP contribution in [0.4, 0.5) is 0 Å². The number of rotatable bonds is 5. The van der Waals surface area contributed by atoms with E-state index in [-0.39, 0.29) is 11.5 Å². The average Bonchev–Trinajstić information content (AvgIpc) is 3.33. The predicted octanol–water partition coefficient (Wildman–Crippen LogP) is 4.00. The Balaban J connectivity index is 1.46. The van der Waals surface area contributed by atoms with Crippen molar-refractivity contribution in [2.24, 2.45) is 7.05 Å². The molecule has 28 heavy (non-hydrogen) atoms. The predicted molar refractivity (Wildman–Crippen MR) is 115 cm³/mol. The Morgan fingerprint density at radius 3 is 2.82 bits per heavy atom. The van der Waals surface area contributed by atoms with Crippen molar-refractivity contribution in [1.29, 1.82) is 0 Å². The minimum Gasteiger partial charge on any atom is -0.352 e. The SMILES string of the molecule is Cc1nc(-c2ccc(CCNC(=O)c3cc(=O)n(C)c4ccccc34)s2)cs1. The number of aromatic nitrogens is 2. The minimum absolute atomic E-state index is 0.190. The summed E-state index contributed by atoms with van der Waals surface area (Å²) in [4.78, 5) is 31.7. The molecule has 1 amide bonds. The van der Waals surface area contributed by atoms with Crippen LogP contribution < -0.4 is 10.9 Å². The molecule has 0 unspecified atom stereocenters. The molecule has 3 heterocycles. The van der Waals surface area contributed by atoms with E-state index in [0.717, 1.165) is 32.9 Å². The van der Waals surface area contributed by atoms with Gasteiger partial charge in [0.1, 0.15) is 0 Å². The third-order valence-electron chi connectivity index (χ3n) is 4.59. The molecule has 1 aromatic carbocycles. The quantitative estimate of drug-likeness (QED) is 0.542. The van der Waals surface area contributed by atoms with E-state index in [0.29, 0.717) is 12.1 Å². The summed E-state index contributed by atoms with van der Waals surface area (Å²) in [5, 5.41) is 6.84. The van der Waals surface area contributed by atoms with Crippen LogP contribution in [0.2, 0.25) is 0 Å². The summed E-state index contributed by atoms with van der Waals surface area (Å²) in [6, 6.07) is 13.0. The van der Waals surface area contributed by atoms with Crippen LogP contribution in [0.3, 0.4) is 0 Å². The first-order valence-corrected chi connectivity index (χ1v) is 10.6. The Hall–Kier alpha value is -2.77. The van der Waals surface area contributed by atoms with Crippen molar-refractivity contribution in [3.63, 3.8) is 0 Å². The summed E-state index contributed by atoms with van der Waals surface area (Å²) < 4.78 is 1.56. The second kappa shape index (κ2) is 7.69. The number of pyridine rings is 1. The number of thiazole rings is 1. The summed E-state index contributed by atoms with van der Waals surface area (Å²) in [6.07, 6.45) is 0.738. The van der Waals surface area contributed by atoms with Gasteiger partial charge in [-0.25, -0.2) is 4.98 Å². The zero-order valence-corrected chi connectivity index (χ0v) is 17.2. The smallest absolute Gasteiger partial charge is 0.252 e. The van der Waals surface area contributed by atoms with Crippen LogP contribution in [0.1, 0.15) is 20.2 Å². The van der Waals surface area contributed by atoms with Gasteiger partial charge in [-0.3, -0.25) is 9.59 Å². The van der Waals surface area contributed by atoms with Gasteiger partial charge < -0.3 is 9.88 Å². The lowest BCUT2D eigenvalue weighted by atomic mass is 10.1. The van der Waals surface area contributed by atoms with E-state index < -0.39 is 0 Å². The molecule has 4 rings (SSSR count). The van der Waals surface area contributed by atoms with Crippen LogP contribution in [-0.4, -0.2) is 22.0 Å². The van der Waals surface area contributed by atoms with Crippen molar-refractivity contribution >= 4 is 39.5 Å². The van der Waals surface area contributed by atoms with E-state index in [1.807, 2.05) is 31.2 Å². The van der Waals surface area contributed by atoms with Gasteiger partial charge in [-0.05, 0) is 31.5 Å². The summed E-state index contributed by atoms with van der Waals surface area (Å²) in [5.74, 6) is -0.221. The molecule has 0 radical (unpaired) electrons. The van der Waals surface area contributed by atoms with E-state index in [2.05, 4.69) is 27.8 Å². The molecular weight excluding hydrogens is 390 g/mol. The van der Waals surface area contributed by atoms with Crippen LogP contribution >= 0.6 is 22.7 Å². The van der Waals surface area contributed by atoms with E-state index in [1.54, 1.807) is 34.3 Å². The molecule has 0 saturated carbocycles. The molecule has 0 spiro atoms. The molecule has 0 aliphatic heterocycles. The topological polar surface area (TPSA) is 64.0 Å². The molecular formula is C21H19N3O2S2. The number of carbonyl (C=O) groups excluding carboxylic acids is 1. The molecule has 0 bridgehead atoms. The Kier molecular flexibility index (Phi) is 5.11. The van der Waals surface area contributed by atoms with Crippen LogP contribution in [0.25, 0.3) is 21.5 Å². The second-order valence-corrected chi connectivity index (χ2v) is 8.73. The largest absolute Gasteiger partial charge is 0.352 e. The van der Waals surface area contributed by atoms with Crippen molar-refractivity contribution < 1.29 is 4.79 Å². The van der Waals surface area contributed by atoms with Gasteiger partial charge in [-0.15, -0.1) is 22.7 Å². The molecule has 0 atom stereocenters. The number of benzene rings is 1. The number of nitrogens with zero attached hydrogens (tertiary/aromatic N) is 2. The lowest BCUT2D eigenvalue weighted by Gasteiger charge is -2.10. The van der Waals surface area contributed by atoms with Crippen molar-refractivity contribution in [3.05, 3.63) is 73.6 Å². The van der Waals surface area contributed by atoms with Crippen molar-refractivity contribution in [2.45, 2.75) is 13.3 Å². The van der Waals surface area contributed by atoms with Crippen LogP contribution in [-0.2, 0) is 13.5 Å². The van der Waals surface area contributed by atoms with Gasteiger partial charge in [-0.2, -0.15) is 0 Å². The van der Waals surface area contributed by atoms with E-state index in [4.69, 9.17) is 0 Å². The summed E-state index contributed by atoms with van der Waals surface area (Å²) >= 11 is 3.34. The Labute approximate surface area is 170 Å². The normalized spacial score (nSPS) is 11.1. The number of para-hydroxylation sites is 1. The van der Waals surface area contributed by atoms with Crippen molar-refractivity contribution in [2.75, 3.05) is 6.54 Å². The minimum atomic E-state index is -0.221. The maximum atomic E-state index is 12.7. The number of nitrogens with one attached hydrogen (secondary N) is 1. The van der Waals surface area contributed by atoms with Gasteiger partial charge in [0.2, 0.25) is 0 Å². The second-order valence-electron chi connectivity index (χ2n) is 6.50. The number of carbonyl (C=O) groups is 1. The summed E-state index contributed by atoms with van der Waals surface area (Å²) in [6.45, 7) is 2.51. The molecule has 4 aromatic rings. The van der Waals surface area contributed by atoms with Crippen molar-refractivity contribution in [3.8, 4) is 10.6 Å². The van der Waals surface area contributed by atoms with Crippen LogP contribution in [0, 0.1) is 6.92 Å². The van der Waals surface area contributed by atoms with Gasteiger partial charge >= 0.3 is 0 Å². The number of thiophene rings is 1. The van der Waals surface area contributed by atoms with E-state index in [9.17, 15) is 9.59 Å². The Morgan fingerprint density at radius 1 is 1.21 bits per heavy atom. The standard InChI is InChI=1S/C21H19N3O2S2/c1-13-23-17(12-27-13)19-8-7-14(28-19)9-10-22-21(26)16-11-20(25)24(2)18-6-4-3-5-15(16)18/h3-8,11-12H,9-10H2,1-2H3,(H,22,26). The molecule has 7 heteroatoms. The third-order valence-corrected chi connectivity index (χ3v) is 6.53. The van der Waals surface area contributed by atoms with Crippen molar-refractivity contribution in [1.82, 2.24) is 14.9 Å². The molecule has 0 saturated heterocycles. The maximum Gasteiger partial charge on any atom is 0.252 e. The fraction of sp³-hybridized carbons (Fsp3) is 0.190. The Bertz CT molecular complexity index is 1220. The number of amides is 1. The lowest BCUT2D eigenvalue weighted by molar-refractivity contribution is 0.0955. The molecule has 1 N–H and O–H groups in total. The Morgan fingerprint density at radius 2 is 2.04 bits per heavy atom. The highest BCUT2D eigenvalue weighted by molar-refractivity contribution is 7.16. The highest BCUT2D eigenvalue weighted by atomic mass is 32.1. The first-order chi connectivity index (χ1) is 13.5. The molecule has 0 aliphatic carbocycles. The summed E-state index contributed by atoms with van der Waals surface area (Å²) in [5.41, 5.74) is 1.99. The van der Waals surface area contributed by atoms with Gasteiger partial charge in [0.05, 0.1) is 26.7 Å². The number of aryl methyl sites for hydroxylation is 2. The number of hydrogen-bond acceptors (Lipinski definition) is 5. The molecule has 5 nitrogen and oxygen atoms in total. The lowest BCUT2D eigenvalue weighted by Crippen LogP contribution is -2.28. The van der Waals surface area contributed by atoms with Crippen LogP contribution in [0.15, 0.2) is 52.6 Å². The molecule has 0 aliphatic rings. The molecule has 142 valence electrons. The monoisotopic (exact) mass is 409 g/mol. The zero-order valence-electron chi connectivity index (χ0n) is 15.6. The first-order valence-electron chi connectivity index (χ1n) is 8.91. The fourth-order valence-corrected chi connectivity index (χ4v) is 4.77. The zero-order chi connectivity index (χ0) is 19.7. The van der Waals surface area contributed by atoms with Gasteiger partial charge in [0.15, 0.2) is 0 Å². The number of fused-ring (bicyclic) bond motifs is 1. The van der Waals surface area contributed by atoms with Gasteiger partial charge in [0, 0.05) is 35.3 Å². The molecule has 0 fully saturated rings.